The summed E-state index contributed by atoms with van der Waals surface area (Å²) in [5, 5.41) is 0. The van der Waals surface area contributed by atoms with Gasteiger partial charge in [-0.3, -0.25) is 9.59 Å². The number of allylic oxidation sites excluding steroid dienone is 6. The largest absolute Gasteiger partial charge is 0.490 e. The standard InChI is InChI=1S/C38H37NO3.C2H6.C2H4/c1-4-33(28-14-12-27(13-15-28)11-10-26-8-9-26)38(29-16-18-31(19-17-29)42-32-20-21-32)34-6-5-7-35(25(2)3)39-23-30(24-40)37(41)22-36(34)39;2*1-2/h4-6,12-19,22-26,32,35H,7-9,20-21H2,1-3H3;1-2H3;1-2H2/b33-4+,38-34+;;. The number of fused-ring (bicyclic) bond motifs is 1. The molecule has 2 fully saturated rings. The zero-order valence-corrected chi connectivity index (χ0v) is 28.0. The zero-order valence-electron chi connectivity index (χ0n) is 28.0. The summed E-state index contributed by atoms with van der Waals surface area (Å²) in [5.41, 5.74) is 6.91. The van der Waals surface area contributed by atoms with Crippen molar-refractivity contribution >= 4 is 23.0 Å². The molecule has 0 N–H and O–H groups in total. The number of rotatable bonds is 7. The molecular weight excluding hydrogens is 566 g/mol. The Balaban J connectivity index is 0.00000116. The number of hydrogen-bond acceptors (Lipinski definition) is 3. The summed E-state index contributed by atoms with van der Waals surface area (Å²) in [6, 6.07) is 18.5. The van der Waals surface area contributed by atoms with E-state index in [2.05, 4.69) is 105 Å². The fourth-order valence-corrected chi connectivity index (χ4v) is 5.61. The molecule has 4 heteroatoms. The van der Waals surface area contributed by atoms with E-state index >= 15 is 0 Å². The average Bonchev–Trinajstić information content (AvgIpc) is 4.02. The molecule has 0 bridgehead atoms. The second-order valence-electron chi connectivity index (χ2n) is 11.9. The van der Waals surface area contributed by atoms with Gasteiger partial charge in [-0.05, 0) is 91.5 Å². The summed E-state index contributed by atoms with van der Waals surface area (Å²) in [5.74, 6) is 8.41. The molecule has 0 spiro atoms. The number of benzene rings is 2. The fourth-order valence-electron chi connectivity index (χ4n) is 5.61. The molecule has 0 saturated heterocycles. The third-order valence-corrected chi connectivity index (χ3v) is 8.29. The number of ether oxygens (including phenoxy) is 1. The predicted molar refractivity (Wildman–Crippen MR) is 193 cm³/mol. The van der Waals surface area contributed by atoms with Crippen molar-refractivity contribution in [3.63, 3.8) is 0 Å². The van der Waals surface area contributed by atoms with Crippen molar-refractivity contribution in [2.45, 2.75) is 78.9 Å². The molecule has 2 aliphatic carbocycles. The van der Waals surface area contributed by atoms with E-state index in [-0.39, 0.29) is 17.0 Å². The molecule has 1 unspecified atom stereocenters. The van der Waals surface area contributed by atoms with Gasteiger partial charge in [-0.25, -0.2) is 0 Å². The Labute approximate surface area is 275 Å². The zero-order chi connectivity index (χ0) is 33.2. The highest BCUT2D eigenvalue weighted by Gasteiger charge is 2.26. The summed E-state index contributed by atoms with van der Waals surface area (Å²) >= 11 is 0. The lowest BCUT2D eigenvalue weighted by Gasteiger charge is -2.26. The van der Waals surface area contributed by atoms with E-state index in [0.29, 0.717) is 24.2 Å². The second kappa shape index (κ2) is 16.1. The van der Waals surface area contributed by atoms with Crippen molar-refractivity contribution in [3.05, 3.63) is 130 Å². The summed E-state index contributed by atoms with van der Waals surface area (Å²) in [7, 11) is 0. The number of aromatic nitrogens is 1. The Bertz CT molecular complexity index is 1710. The fraction of sp³-hybridized carbons (Fsp3) is 0.333. The lowest BCUT2D eigenvalue weighted by atomic mass is 9.86. The summed E-state index contributed by atoms with van der Waals surface area (Å²) in [4.78, 5) is 24.9. The Kier molecular flexibility index (Phi) is 12.0. The van der Waals surface area contributed by atoms with Crippen LogP contribution in [0, 0.1) is 23.7 Å². The number of pyridine rings is 1. The smallest absolute Gasteiger partial charge is 0.192 e. The molecule has 46 heavy (non-hydrogen) atoms. The lowest BCUT2D eigenvalue weighted by Crippen LogP contribution is -2.22. The van der Waals surface area contributed by atoms with Crippen LogP contribution < -0.4 is 10.2 Å². The van der Waals surface area contributed by atoms with Gasteiger partial charge in [0, 0.05) is 35.4 Å². The lowest BCUT2D eigenvalue weighted by molar-refractivity contribution is 0.112. The molecule has 2 saturated carbocycles. The molecule has 1 aliphatic heterocycles. The SMILES string of the molecule is C/C=C(/C(=C1\C=CCC(C(C)C)n2cc(C=O)c(=O)cc21)c1ccc(OC2CC2)cc1)c1ccc(C#CC2CC2)cc1.C=C.CC. The van der Waals surface area contributed by atoms with Crippen molar-refractivity contribution < 1.29 is 9.53 Å². The normalized spacial score (nSPS) is 18.0. The predicted octanol–water partition coefficient (Wildman–Crippen LogP) is 9.96. The van der Waals surface area contributed by atoms with Crippen molar-refractivity contribution in [3.8, 4) is 17.6 Å². The Hall–Kier alpha value is -4.62. The van der Waals surface area contributed by atoms with Crippen LogP contribution in [0.3, 0.4) is 0 Å². The summed E-state index contributed by atoms with van der Waals surface area (Å²) in [6.07, 6.45) is 14.7. The van der Waals surface area contributed by atoms with E-state index in [1.165, 1.54) is 12.8 Å². The highest BCUT2D eigenvalue weighted by molar-refractivity contribution is 6.16. The van der Waals surface area contributed by atoms with E-state index < -0.39 is 0 Å². The highest BCUT2D eigenvalue weighted by Crippen LogP contribution is 2.42. The Morgan fingerprint density at radius 1 is 0.978 bits per heavy atom. The van der Waals surface area contributed by atoms with Crippen LogP contribution in [-0.2, 0) is 0 Å². The maximum Gasteiger partial charge on any atom is 0.192 e. The van der Waals surface area contributed by atoms with Crippen LogP contribution in [0.25, 0.3) is 16.7 Å². The van der Waals surface area contributed by atoms with Crippen LogP contribution in [0.15, 0.2) is 97.0 Å². The van der Waals surface area contributed by atoms with Gasteiger partial charge in [-0.1, -0.05) is 82.0 Å². The van der Waals surface area contributed by atoms with Crippen molar-refractivity contribution in [2.75, 3.05) is 0 Å². The minimum absolute atomic E-state index is 0.113. The third-order valence-electron chi connectivity index (χ3n) is 8.29. The maximum absolute atomic E-state index is 13.1. The van der Waals surface area contributed by atoms with Crippen molar-refractivity contribution in [1.82, 2.24) is 4.57 Å². The molecule has 1 atom stereocenters. The first-order valence-electron chi connectivity index (χ1n) is 16.6. The van der Waals surface area contributed by atoms with Gasteiger partial charge in [0.2, 0.25) is 0 Å². The van der Waals surface area contributed by atoms with E-state index in [4.69, 9.17) is 4.74 Å². The van der Waals surface area contributed by atoms with Crippen molar-refractivity contribution in [1.29, 1.82) is 0 Å². The molecule has 2 aromatic carbocycles. The van der Waals surface area contributed by atoms with E-state index in [9.17, 15) is 9.59 Å². The van der Waals surface area contributed by atoms with E-state index in [1.54, 1.807) is 12.3 Å². The monoisotopic (exact) mass is 613 g/mol. The molecule has 2 heterocycles. The van der Waals surface area contributed by atoms with Gasteiger partial charge < -0.3 is 9.30 Å². The van der Waals surface area contributed by atoms with Gasteiger partial charge in [-0.2, -0.15) is 0 Å². The Morgan fingerprint density at radius 3 is 2.20 bits per heavy atom. The van der Waals surface area contributed by atoms with Crippen LogP contribution in [0.2, 0.25) is 0 Å². The molecule has 0 amide bonds. The number of carbonyl (C=O) groups is 1. The molecule has 3 aromatic rings. The molecule has 238 valence electrons. The third kappa shape index (κ3) is 8.15. The topological polar surface area (TPSA) is 48.3 Å². The minimum atomic E-state index is -0.264. The maximum atomic E-state index is 13.1. The molecule has 3 aliphatic rings. The quantitative estimate of drug-likeness (QED) is 0.151. The average molecular weight is 614 g/mol. The van der Waals surface area contributed by atoms with Crippen LogP contribution in [-0.4, -0.2) is 17.0 Å². The first-order chi connectivity index (χ1) is 22.4. The number of carbonyl (C=O) groups excluding carboxylic acids is 1. The number of hydrogen-bond donors (Lipinski definition) is 0. The summed E-state index contributed by atoms with van der Waals surface area (Å²) < 4.78 is 8.19. The molecule has 0 radical (unpaired) electrons. The van der Waals surface area contributed by atoms with E-state index in [1.807, 2.05) is 26.0 Å². The minimum Gasteiger partial charge on any atom is -0.490 e. The van der Waals surface area contributed by atoms with Crippen LogP contribution in [0.5, 0.6) is 5.75 Å². The highest BCUT2D eigenvalue weighted by atomic mass is 16.5. The van der Waals surface area contributed by atoms with Gasteiger partial charge in [0.05, 0.1) is 17.4 Å². The van der Waals surface area contributed by atoms with Gasteiger partial charge in [-0.15, -0.1) is 13.2 Å². The van der Waals surface area contributed by atoms with Crippen LogP contribution >= 0.6 is 0 Å². The number of nitrogens with zero attached hydrogens (tertiary/aromatic N) is 1. The summed E-state index contributed by atoms with van der Waals surface area (Å²) in [6.45, 7) is 16.4. The molecular formula is C42H47NO3. The van der Waals surface area contributed by atoms with Gasteiger partial charge in [0.1, 0.15) is 5.75 Å². The number of aldehydes is 1. The second-order valence-corrected chi connectivity index (χ2v) is 11.9. The Morgan fingerprint density at radius 2 is 1.63 bits per heavy atom. The molecule has 6 rings (SSSR count). The van der Waals surface area contributed by atoms with Crippen LogP contribution in [0.1, 0.15) is 106 Å². The van der Waals surface area contributed by atoms with Gasteiger partial charge in [0.25, 0.3) is 0 Å². The van der Waals surface area contributed by atoms with Gasteiger partial charge in [0.15, 0.2) is 11.7 Å². The molecule has 1 aromatic heterocycles. The molecule has 4 nitrogen and oxygen atoms in total. The van der Waals surface area contributed by atoms with Crippen molar-refractivity contribution in [2.24, 2.45) is 11.8 Å². The van der Waals surface area contributed by atoms with Crippen LogP contribution in [0.4, 0.5) is 0 Å². The van der Waals surface area contributed by atoms with Gasteiger partial charge >= 0.3 is 0 Å². The van der Waals surface area contributed by atoms with E-state index in [0.717, 1.165) is 64.1 Å². The first-order valence-corrected chi connectivity index (χ1v) is 16.6. The first kappa shape index (κ1) is 34.3.